The van der Waals surface area contributed by atoms with E-state index in [0.29, 0.717) is 19.5 Å². The van der Waals surface area contributed by atoms with Gasteiger partial charge in [0.25, 0.3) is 0 Å². The lowest BCUT2D eigenvalue weighted by molar-refractivity contribution is -0.156. The number of esters is 1. The number of carbonyl (C=O) groups excluding carboxylic acids is 4. The Bertz CT molecular complexity index is 1200. The predicted octanol–water partition coefficient (Wildman–Crippen LogP) is 3.68. The van der Waals surface area contributed by atoms with Gasteiger partial charge in [0.1, 0.15) is 18.7 Å². The molecule has 0 radical (unpaired) electrons. The summed E-state index contributed by atoms with van der Waals surface area (Å²) in [6, 6.07) is 7.61. The van der Waals surface area contributed by atoms with Gasteiger partial charge >= 0.3 is 5.97 Å². The Labute approximate surface area is 276 Å². The van der Waals surface area contributed by atoms with Crippen LogP contribution in [0, 0.1) is 11.3 Å². The van der Waals surface area contributed by atoms with Crippen LogP contribution in [-0.4, -0.2) is 114 Å². The van der Waals surface area contributed by atoms with Crippen molar-refractivity contribution in [1.29, 1.82) is 0 Å². The molecule has 1 unspecified atom stereocenters. The average Bonchev–Trinajstić information content (AvgIpc) is 3.70. The molecule has 0 aliphatic carbocycles. The van der Waals surface area contributed by atoms with Gasteiger partial charge in [0.05, 0.1) is 12.1 Å². The van der Waals surface area contributed by atoms with E-state index in [1.807, 2.05) is 65.2 Å². The Morgan fingerprint density at radius 1 is 0.913 bits per heavy atom. The first-order valence-electron chi connectivity index (χ1n) is 17.3. The van der Waals surface area contributed by atoms with Crippen LogP contribution in [0.5, 0.6) is 0 Å². The summed E-state index contributed by atoms with van der Waals surface area (Å²) >= 11 is 0. The molecule has 5 atom stereocenters. The van der Waals surface area contributed by atoms with Crippen molar-refractivity contribution in [3.05, 3.63) is 35.9 Å². The SMILES string of the molecule is CC(C)[C@@H](CN1CCC[C@H]1C(=O)N1CCC[C@H]1C(=O)OCc1ccccc1)N(C)C(=O)[C@@H](NC(=O)C1CCCCN1C)C(C)(C)C. The van der Waals surface area contributed by atoms with Crippen molar-refractivity contribution < 1.29 is 23.9 Å². The van der Waals surface area contributed by atoms with Crippen molar-refractivity contribution in [1.82, 2.24) is 24.9 Å². The number of carbonyl (C=O) groups is 4. The number of hydrogen-bond acceptors (Lipinski definition) is 7. The number of piperidine rings is 1. The number of hydrogen-bond donors (Lipinski definition) is 1. The summed E-state index contributed by atoms with van der Waals surface area (Å²) in [7, 11) is 3.81. The summed E-state index contributed by atoms with van der Waals surface area (Å²) in [5.74, 6) is -0.444. The molecule has 1 aromatic rings. The zero-order valence-corrected chi connectivity index (χ0v) is 29.2. The Morgan fingerprint density at radius 2 is 1.57 bits per heavy atom. The minimum absolute atomic E-state index is 0.0235. The van der Waals surface area contributed by atoms with Crippen LogP contribution >= 0.6 is 0 Å². The maximum atomic E-state index is 14.2. The quantitative estimate of drug-likeness (QED) is 0.369. The highest BCUT2D eigenvalue weighted by Gasteiger charge is 2.44. The molecule has 3 heterocycles. The van der Waals surface area contributed by atoms with E-state index in [9.17, 15) is 19.2 Å². The second-order valence-electron chi connectivity index (χ2n) is 15.0. The number of ether oxygens (including phenoxy) is 1. The van der Waals surface area contributed by atoms with E-state index < -0.39 is 17.5 Å². The molecule has 0 spiro atoms. The standard InChI is InChI=1S/C36H57N5O5/c1-25(2)30(39(7)34(44)31(36(3,4)5)37-32(42)27-17-11-12-20-38(27)6)23-40-21-13-18-28(40)33(43)41-22-14-19-29(41)35(45)46-24-26-15-9-8-10-16-26/h8-10,15-16,25,27-31H,11-14,17-24H2,1-7H3,(H,37,42)/t27?,28-,29-,30+,31+/m0/s1. The predicted molar refractivity (Wildman–Crippen MR) is 179 cm³/mol. The molecule has 3 aliphatic rings. The van der Waals surface area contributed by atoms with Crippen LogP contribution in [0.15, 0.2) is 30.3 Å². The smallest absolute Gasteiger partial charge is 0.329 e. The fourth-order valence-electron chi connectivity index (χ4n) is 7.30. The lowest BCUT2D eigenvalue weighted by Crippen LogP contribution is -2.61. The summed E-state index contributed by atoms with van der Waals surface area (Å²) in [5, 5.41) is 3.14. The van der Waals surface area contributed by atoms with Gasteiger partial charge < -0.3 is 19.9 Å². The largest absolute Gasteiger partial charge is 0.459 e. The molecular formula is C36H57N5O5. The third-order valence-corrected chi connectivity index (χ3v) is 10.2. The van der Waals surface area contributed by atoms with Gasteiger partial charge in [-0.3, -0.25) is 24.2 Å². The Hall–Kier alpha value is -2.98. The van der Waals surface area contributed by atoms with Crippen molar-refractivity contribution in [2.24, 2.45) is 11.3 Å². The third-order valence-electron chi connectivity index (χ3n) is 10.2. The normalized spacial score (nSPS) is 24.1. The van der Waals surface area contributed by atoms with E-state index in [1.165, 1.54) is 0 Å². The van der Waals surface area contributed by atoms with Gasteiger partial charge in [-0.15, -0.1) is 0 Å². The fourth-order valence-corrected chi connectivity index (χ4v) is 7.30. The van der Waals surface area contributed by atoms with Crippen molar-refractivity contribution in [3.8, 4) is 0 Å². The number of likely N-dealkylation sites (tertiary alicyclic amines) is 3. The maximum absolute atomic E-state index is 14.2. The lowest BCUT2D eigenvalue weighted by atomic mass is 9.84. The van der Waals surface area contributed by atoms with Gasteiger partial charge in [-0.2, -0.15) is 0 Å². The van der Waals surface area contributed by atoms with E-state index in [1.54, 1.807) is 9.80 Å². The monoisotopic (exact) mass is 639 g/mol. The molecular weight excluding hydrogens is 582 g/mol. The summed E-state index contributed by atoms with van der Waals surface area (Å²) in [6.07, 6.45) is 5.86. The van der Waals surface area contributed by atoms with Gasteiger partial charge in [-0.25, -0.2) is 4.79 Å². The minimum Gasteiger partial charge on any atom is -0.459 e. The highest BCUT2D eigenvalue weighted by atomic mass is 16.5. The highest BCUT2D eigenvalue weighted by Crippen LogP contribution is 2.29. The molecule has 1 N–H and O–H groups in total. The Balaban J connectivity index is 1.42. The van der Waals surface area contributed by atoms with E-state index in [2.05, 4.69) is 29.0 Å². The molecule has 3 amide bonds. The molecule has 0 aromatic heterocycles. The van der Waals surface area contributed by atoms with E-state index >= 15 is 0 Å². The van der Waals surface area contributed by atoms with Gasteiger partial charge in [-0.05, 0) is 75.6 Å². The first-order chi connectivity index (χ1) is 21.8. The molecule has 10 nitrogen and oxygen atoms in total. The minimum atomic E-state index is -0.676. The summed E-state index contributed by atoms with van der Waals surface area (Å²) in [4.78, 5) is 62.5. The number of nitrogens with one attached hydrogen (secondary N) is 1. The number of amides is 3. The van der Waals surface area contributed by atoms with Crippen molar-refractivity contribution in [2.75, 3.05) is 40.3 Å². The molecule has 3 saturated heterocycles. The van der Waals surface area contributed by atoms with Crippen molar-refractivity contribution >= 4 is 23.7 Å². The van der Waals surface area contributed by atoms with Crippen molar-refractivity contribution in [2.45, 2.75) is 116 Å². The zero-order valence-electron chi connectivity index (χ0n) is 29.2. The van der Waals surface area contributed by atoms with E-state index in [0.717, 1.165) is 57.2 Å². The molecule has 0 bridgehead atoms. The molecule has 46 heavy (non-hydrogen) atoms. The molecule has 3 fully saturated rings. The zero-order chi connectivity index (χ0) is 33.6. The van der Waals surface area contributed by atoms with E-state index in [4.69, 9.17) is 4.74 Å². The first-order valence-corrected chi connectivity index (χ1v) is 17.3. The lowest BCUT2D eigenvalue weighted by Gasteiger charge is -2.41. The van der Waals surface area contributed by atoms with Crippen LogP contribution in [0.1, 0.15) is 85.1 Å². The molecule has 10 heteroatoms. The average molecular weight is 640 g/mol. The van der Waals surface area contributed by atoms with Gasteiger partial charge in [0.15, 0.2) is 0 Å². The number of likely N-dealkylation sites (N-methyl/N-ethyl adjacent to an activating group) is 2. The number of rotatable bonds is 11. The molecule has 3 aliphatic heterocycles. The number of benzene rings is 1. The number of nitrogens with zero attached hydrogens (tertiary/aromatic N) is 4. The second-order valence-corrected chi connectivity index (χ2v) is 15.0. The van der Waals surface area contributed by atoms with Crippen LogP contribution in [-0.2, 0) is 30.5 Å². The summed E-state index contributed by atoms with van der Waals surface area (Å²) in [6.45, 7) is 13.1. The molecule has 1 aromatic carbocycles. The van der Waals surface area contributed by atoms with Crippen LogP contribution in [0.25, 0.3) is 0 Å². The molecule has 0 saturated carbocycles. The summed E-state index contributed by atoms with van der Waals surface area (Å²) in [5.41, 5.74) is 0.434. The molecule has 4 rings (SSSR count). The van der Waals surface area contributed by atoms with Gasteiger partial charge in [0, 0.05) is 26.2 Å². The van der Waals surface area contributed by atoms with Crippen LogP contribution in [0.2, 0.25) is 0 Å². The Kier molecular flexibility index (Phi) is 12.3. The maximum Gasteiger partial charge on any atom is 0.329 e. The molecule has 256 valence electrons. The first kappa shape index (κ1) is 35.9. The fraction of sp³-hybridized carbons (Fsp3) is 0.722. The van der Waals surface area contributed by atoms with Crippen LogP contribution in [0.3, 0.4) is 0 Å². The Morgan fingerprint density at radius 3 is 2.22 bits per heavy atom. The third kappa shape index (κ3) is 8.68. The van der Waals surface area contributed by atoms with Gasteiger partial charge in [-0.1, -0.05) is 71.4 Å². The van der Waals surface area contributed by atoms with Crippen LogP contribution < -0.4 is 5.32 Å². The van der Waals surface area contributed by atoms with E-state index in [-0.39, 0.29) is 54.3 Å². The highest BCUT2D eigenvalue weighted by molar-refractivity contribution is 5.91. The van der Waals surface area contributed by atoms with Crippen molar-refractivity contribution in [3.63, 3.8) is 0 Å². The van der Waals surface area contributed by atoms with Crippen LogP contribution in [0.4, 0.5) is 0 Å². The summed E-state index contributed by atoms with van der Waals surface area (Å²) < 4.78 is 5.63. The topological polar surface area (TPSA) is 103 Å². The van der Waals surface area contributed by atoms with Gasteiger partial charge in [0.2, 0.25) is 17.7 Å². The second kappa shape index (κ2) is 15.7.